The Morgan fingerprint density at radius 1 is 1.26 bits per heavy atom. The van der Waals surface area contributed by atoms with Crippen LogP contribution in [0.25, 0.3) is 0 Å². The number of rotatable bonds is 3. The summed E-state index contributed by atoms with van der Waals surface area (Å²) >= 11 is 2.37. The van der Waals surface area contributed by atoms with Crippen molar-refractivity contribution in [2.75, 3.05) is 12.4 Å². The van der Waals surface area contributed by atoms with E-state index in [2.05, 4.69) is 20.5 Å². The second-order valence-electron chi connectivity index (χ2n) is 3.52. The third-order valence-electron chi connectivity index (χ3n) is 2.08. The highest BCUT2D eigenvalue weighted by Gasteiger charge is 2.31. The molecule has 0 aromatic carbocycles. The molecule has 0 aliphatic rings. The van der Waals surface area contributed by atoms with Crippen LogP contribution in [0.15, 0.2) is 21.5 Å². The van der Waals surface area contributed by atoms with Gasteiger partial charge in [-0.3, -0.25) is 0 Å². The lowest BCUT2D eigenvalue weighted by Crippen LogP contribution is -2.07. The standard InChI is InChI=1S/C10H9F3N4S2/c1-5-16-17-9(18-5)19-8-4-6(10(11,12)13)3-7(14-2)15-8/h3-4H,1-2H3,(H,14,15). The fourth-order valence-electron chi connectivity index (χ4n) is 1.26. The number of nitrogens with zero attached hydrogens (tertiary/aromatic N) is 3. The van der Waals surface area contributed by atoms with Crippen molar-refractivity contribution < 1.29 is 13.2 Å². The molecule has 9 heteroatoms. The first kappa shape index (κ1) is 14.1. The summed E-state index contributed by atoms with van der Waals surface area (Å²) in [4.78, 5) is 4.06. The van der Waals surface area contributed by atoms with Crippen molar-refractivity contribution in [1.29, 1.82) is 0 Å². The van der Waals surface area contributed by atoms with Crippen LogP contribution in [-0.2, 0) is 6.18 Å². The highest BCUT2D eigenvalue weighted by atomic mass is 32.2. The maximum atomic E-state index is 12.7. The molecule has 2 aromatic rings. The van der Waals surface area contributed by atoms with Gasteiger partial charge in [0.25, 0.3) is 0 Å². The van der Waals surface area contributed by atoms with Crippen LogP contribution in [0.1, 0.15) is 10.6 Å². The zero-order chi connectivity index (χ0) is 14.0. The Kier molecular flexibility index (Phi) is 3.95. The summed E-state index contributed by atoms with van der Waals surface area (Å²) < 4.78 is 38.8. The third-order valence-corrected chi connectivity index (χ3v) is 3.89. The molecule has 0 radical (unpaired) electrons. The van der Waals surface area contributed by atoms with Crippen LogP contribution >= 0.6 is 23.1 Å². The van der Waals surface area contributed by atoms with Crippen molar-refractivity contribution in [2.45, 2.75) is 22.5 Å². The van der Waals surface area contributed by atoms with Crippen molar-refractivity contribution in [3.05, 3.63) is 22.7 Å². The maximum Gasteiger partial charge on any atom is 0.416 e. The number of anilines is 1. The van der Waals surface area contributed by atoms with E-state index in [9.17, 15) is 13.2 Å². The minimum Gasteiger partial charge on any atom is -0.373 e. The van der Waals surface area contributed by atoms with Gasteiger partial charge in [-0.15, -0.1) is 10.2 Å². The van der Waals surface area contributed by atoms with Gasteiger partial charge in [-0.2, -0.15) is 13.2 Å². The molecule has 19 heavy (non-hydrogen) atoms. The second kappa shape index (κ2) is 5.33. The molecule has 0 saturated heterocycles. The van der Waals surface area contributed by atoms with E-state index >= 15 is 0 Å². The molecular formula is C10H9F3N4S2. The first-order chi connectivity index (χ1) is 8.88. The molecular weight excluding hydrogens is 297 g/mol. The van der Waals surface area contributed by atoms with Gasteiger partial charge in [-0.25, -0.2) is 4.98 Å². The predicted octanol–water partition coefficient (Wildman–Crippen LogP) is 3.45. The lowest BCUT2D eigenvalue weighted by atomic mass is 10.2. The van der Waals surface area contributed by atoms with Crippen molar-refractivity contribution in [3.63, 3.8) is 0 Å². The highest BCUT2D eigenvalue weighted by molar-refractivity contribution is 8.01. The summed E-state index contributed by atoms with van der Waals surface area (Å²) in [6.45, 7) is 1.78. The molecule has 2 aromatic heterocycles. The Morgan fingerprint density at radius 2 is 2.00 bits per heavy atom. The number of aryl methyl sites for hydroxylation is 1. The van der Waals surface area contributed by atoms with E-state index in [1.807, 2.05) is 0 Å². The van der Waals surface area contributed by atoms with Gasteiger partial charge in [0.2, 0.25) is 0 Å². The molecule has 0 atom stereocenters. The number of alkyl halides is 3. The number of hydrogen-bond donors (Lipinski definition) is 1. The summed E-state index contributed by atoms with van der Waals surface area (Å²) in [5.74, 6) is 0.165. The minimum atomic E-state index is -4.40. The second-order valence-corrected chi connectivity index (χ2v) is 5.97. The van der Waals surface area contributed by atoms with Crippen LogP contribution in [0.3, 0.4) is 0 Å². The van der Waals surface area contributed by atoms with Crippen LogP contribution in [0, 0.1) is 6.92 Å². The minimum absolute atomic E-state index is 0.165. The molecule has 0 aliphatic carbocycles. The zero-order valence-corrected chi connectivity index (χ0v) is 11.6. The normalized spacial score (nSPS) is 11.6. The maximum absolute atomic E-state index is 12.7. The quantitative estimate of drug-likeness (QED) is 0.941. The molecule has 0 spiro atoms. The van der Waals surface area contributed by atoms with E-state index in [0.717, 1.165) is 28.9 Å². The smallest absolute Gasteiger partial charge is 0.373 e. The van der Waals surface area contributed by atoms with Crippen molar-refractivity contribution in [3.8, 4) is 0 Å². The summed E-state index contributed by atoms with van der Waals surface area (Å²) in [5, 5.41) is 11.3. The Balaban J connectivity index is 2.34. The average Bonchev–Trinajstić information content (AvgIpc) is 2.73. The van der Waals surface area contributed by atoms with Gasteiger partial charge in [-0.1, -0.05) is 11.3 Å². The molecule has 0 unspecified atom stereocenters. The van der Waals surface area contributed by atoms with E-state index in [1.165, 1.54) is 18.4 Å². The van der Waals surface area contributed by atoms with Crippen LogP contribution in [0.2, 0.25) is 0 Å². The molecule has 2 heterocycles. The van der Waals surface area contributed by atoms with Gasteiger partial charge in [0.1, 0.15) is 15.9 Å². The van der Waals surface area contributed by atoms with Crippen LogP contribution in [0.5, 0.6) is 0 Å². The van der Waals surface area contributed by atoms with E-state index in [-0.39, 0.29) is 10.8 Å². The molecule has 1 N–H and O–H groups in total. The Bertz CT molecular complexity index is 582. The van der Waals surface area contributed by atoms with Gasteiger partial charge in [0.15, 0.2) is 4.34 Å². The SMILES string of the molecule is CNc1cc(C(F)(F)F)cc(Sc2nnc(C)s2)n1. The monoisotopic (exact) mass is 306 g/mol. The number of pyridine rings is 1. The van der Waals surface area contributed by atoms with Crippen molar-refractivity contribution in [1.82, 2.24) is 15.2 Å². The van der Waals surface area contributed by atoms with Crippen LogP contribution in [0.4, 0.5) is 19.0 Å². The summed E-state index contributed by atoms with van der Waals surface area (Å²) in [7, 11) is 1.52. The predicted molar refractivity (Wildman–Crippen MR) is 67.6 cm³/mol. The van der Waals surface area contributed by atoms with E-state index < -0.39 is 11.7 Å². The van der Waals surface area contributed by atoms with Gasteiger partial charge >= 0.3 is 6.18 Å². The average molecular weight is 306 g/mol. The zero-order valence-electron chi connectivity index (χ0n) is 9.95. The molecule has 0 bridgehead atoms. The Morgan fingerprint density at radius 3 is 2.53 bits per heavy atom. The summed E-state index contributed by atoms with van der Waals surface area (Å²) in [5.41, 5.74) is -0.740. The number of halogens is 3. The number of nitrogens with one attached hydrogen (secondary N) is 1. The van der Waals surface area contributed by atoms with E-state index in [1.54, 1.807) is 6.92 Å². The fourth-order valence-corrected chi connectivity index (χ4v) is 3.05. The third kappa shape index (κ3) is 3.57. The first-order valence-corrected chi connectivity index (χ1v) is 6.77. The van der Waals surface area contributed by atoms with Gasteiger partial charge in [0, 0.05) is 7.05 Å². The van der Waals surface area contributed by atoms with Crippen LogP contribution in [-0.4, -0.2) is 22.2 Å². The number of aromatic nitrogens is 3. The fraction of sp³-hybridized carbons (Fsp3) is 0.300. The molecule has 0 fully saturated rings. The highest BCUT2D eigenvalue weighted by Crippen LogP contribution is 2.35. The van der Waals surface area contributed by atoms with Gasteiger partial charge in [-0.05, 0) is 30.8 Å². The van der Waals surface area contributed by atoms with Gasteiger partial charge < -0.3 is 5.32 Å². The van der Waals surface area contributed by atoms with Crippen LogP contribution < -0.4 is 5.32 Å². The molecule has 0 amide bonds. The molecule has 102 valence electrons. The summed E-state index contributed by atoms with van der Waals surface area (Å²) in [6.07, 6.45) is -4.40. The molecule has 0 saturated carbocycles. The van der Waals surface area contributed by atoms with Crippen molar-refractivity contribution in [2.24, 2.45) is 0 Å². The van der Waals surface area contributed by atoms with E-state index in [0.29, 0.717) is 4.34 Å². The Hall–Kier alpha value is -1.35. The molecule has 4 nitrogen and oxygen atoms in total. The van der Waals surface area contributed by atoms with Crippen molar-refractivity contribution >= 4 is 28.9 Å². The Labute approximate surface area is 115 Å². The molecule has 2 rings (SSSR count). The number of hydrogen-bond acceptors (Lipinski definition) is 6. The molecule has 0 aliphatic heterocycles. The lowest BCUT2D eigenvalue weighted by molar-refractivity contribution is -0.137. The lowest BCUT2D eigenvalue weighted by Gasteiger charge is -2.10. The largest absolute Gasteiger partial charge is 0.416 e. The first-order valence-electron chi connectivity index (χ1n) is 5.13. The summed E-state index contributed by atoms with van der Waals surface area (Å²) in [6, 6.07) is 1.97. The topological polar surface area (TPSA) is 50.7 Å². The van der Waals surface area contributed by atoms with Gasteiger partial charge in [0.05, 0.1) is 5.56 Å². The van der Waals surface area contributed by atoms with E-state index in [4.69, 9.17) is 0 Å².